The average molecular weight is 283 g/mol. The van der Waals surface area contributed by atoms with E-state index in [2.05, 4.69) is 15.3 Å². The summed E-state index contributed by atoms with van der Waals surface area (Å²) in [5.41, 5.74) is 0. The van der Waals surface area contributed by atoms with Crippen LogP contribution in [0.4, 0.5) is 5.82 Å². The molecule has 3 atom stereocenters. The molecular weight excluding hydrogens is 262 g/mol. The molecule has 0 saturated heterocycles. The zero-order chi connectivity index (χ0) is 14.5. The molecular formula is C13H21N3O4. The summed E-state index contributed by atoms with van der Waals surface area (Å²) in [6, 6.07) is 1.78. The second kappa shape index (κ2) is 6.83. The Balaban J connectivity index is 2.06. The molecule has 1 aliphatic carbocycles. The summed E-state index contributed by atoms with van der Waals surface area (Å²) in [6.45, 7) is 0.303. The van der Waals surface area contributed by atoms with Gasteiger partial charge >= 0.3 is 0 Å². The number of aliphatic hydroxyl groups excluding tert-OH is 2. The van der Waals surface area contributed by atoms with Gasteiger partial charge < -0.3 is 25.0 Å². The molecule has 1 saturated carbocycles. The van der Waals surface area contributed by atoms with Crippen LogP contribution in [0.2, 0.25) is 0 Å². The molecule has 1 heterocycles. The van der Waals surface area contributed by atoms with E-state index in [4.69, 9.17) is 9.47 Å². The molecule has 3 N–H and O–H groups in total. The zero-order valence-electron chi connectivity index (χ0n) is 11.7. The lowest BCUT2D eigenvalue weighted by Crippen LogP contribution is -2.39. The second-order valence-electron chi connectivity index (χ2n) is 4.93. The molecule has 1 aromatic heterocycles. The standard InChI is InChI=1S/C13H21N3O4/c1-19-7-12-15-11(6-13(16-12)20-2)14-8-3-4-9(17)10(18)5-8/h6,8-10,17-18H,3-5,7H2,1-2H3,(H,14,15,16)/t8?,9-,10+/m1/s1. The number of anilines is 1. The Bertz CT molecular complexity index is 444. The predicted molar refractivity (Wildman–Crippen MR) is 72.6 cm³/mol. The van der Waals surface area contributed by atoms with Gasteiger partial charge in [-0.1, -0.05) is 0 Å². The Morgan fingerprint density at radius 2 is 2.05 bits per heavy atom. The minimum absolute atomic E-state index is 0.0726. The maximum Gasteiger partial charge on any atom is 0.218 e. The van der Waals surface area contributed by atoms with Crippen LogP contribution in [0.5, 0.6) is 5.88 Å². The van der Waals surface area contributed by atoms with Gasteiger partial charge in [-0.2, -0.15) is 4.98 Å². The van der Waals surface area contributed by atoms with Crippen LogP contribution in [0.15, 0.2) is 6.07 Å². The highest BCUT2D eigenvalue weighted by Crippen LogP contribution is 2.23. The van der Waals surface area contributed by atoms with E-state index in [1.165, 1.54) is 0 Å². The van der Waals surface area contributed by atoms with Gasteiger partial charge in [0.25, 0.3) is 0 Å². The number of nitrogens with one attached hydrogen (secondary N) is 1. The Labute approximate surface area is 118 Å². The van der Waals surface area contributed by atoms with Crippen molar-refractivity contribution in [1.29, 1.82) is 0 Å². The van der Waals surface area contributed by atoms with Crippen LogP contribution in [0.25, 0.3) is 0 Å². The van der Waals surface area contributed by atoms with Gasteiger partial charge in [0.2, 0.25) is 5.88 Å². The average Bonchev–Trinajstić information content (AvgIpc) is 2.43. The van der Waals surface area contributed by atoms with E-state index in [-0.39, 0.29) is 6.04 Å². The molecule has 20 heavy (non-hydrogen) atoms. The van der Waals surface area contributed by atoms with Crippen molar-refractivity contribution < 1.29 is 19.7 Å². The minimum atomic E-state index is -0.691. The van der Waals surface area contributed by atoms with Crippen LogP contribution in [0, 0.1) is 0 Å². The SMILES string of the molecule is COCc1nc(NC2CC[C@@H](O)[C@@H](O)C2)cc(OC)n1. The summed E-state index contributed by atoms with van der Waals surface area (Å²) in [7, 11) is 3.12. The normalized spacial score (nSPS) is 26.3. The van der Waals surface area contributed by atoms with Gasteiger partial charge in [-0.25, -0.2) is 4.98 Å². The lowest BCUT2D eigenvalue weighted by atomic mass is 9.90. The van der Waals surface area contributed by atoms with Crippen molar-refractivity contribution in [2.24, 2.45) is 0 Å². The number of ether oxygens (including phenoxy) is 2. The maximum atomic E-state index is 9.70. The number of rotatable bonds is 5. The minimum Gasteiger partial charge on any atom is -0.481 e. The van der Waals surface area contributed by atoms with Gasteiger partial charge in [-0.05, 0) is 19.3 Å². The fourth-order valence-electron chi connectivity index (χ4n) is 2.32. The van der Waals surface area contributed by atoms with E-state index in [9.17, 15) is 10.2 Å². The first-order valence-electron chi connectivity index (χ1n) is 6.66. The molecule has 1 aromatic rings. The third kappa shape index (κ3) is 3.78. The van der Waals surface area contributed by atoms with Crippen molar-refractivity contribution >= 4 is 5.82 Å². The van der Waals surface area contributed by atoms with Crippen molar-refractivity contribution in [2.75, 3.05) is 19.5 Å². The summed E-state index contributed by atoms with van der Waals surface area (Å²) >= 11 is 0. The number of aliphatic hydroxyl groups is 2. The van der Waals surface area contributed by atoms with Gasteiger partial charge in [0.05, 0.1) is 19.3 Å². The van der Waals surface area contributed by atoms with Gasteiger partial charge in [0.1, 0.15) is 12.4 Å². The topological polar surface area (TPSA) is 96.7 Å². The van der Waals surface area contributed by atoms with E-state index in [1.54, 1.807) is 20.3 Å². The predicted octanol–water partition coefficient (Wildman–Crippen LogP) is 0.318. The Kier molecular flexibility index (Phi) is 5.11. The molecule has 1 fully saturated rings. The molecule has 0 radical (unpaired) electrons. The summed E-state index contributed by atoms with van der Waals surface area (Å²) in [5.74, 6) is 1.63. The van der Waals surface area contributed by atoms with Gasteiger partial charge in [-0.3, -0.25) is 0 Å². The summed E-state index contributed by atoms with van der Waals surface area (Å²) in [6.07, 6.45) is 0.531. The van der Waals surface area contributed by atoms with Crippen molar-refractivity contribution in [1.82, 2.24) is 9.97 Å². The number of hydrogen-bond acceptors (Lipinski definition) is 7. The van der Waals surface area contributed by atoms with Gasteiger partial charge in [0.15, 0.2) is 5.82 Å². The summed E-state index contributed by atoms with van der Waals surface area (Å²) < 4.78 is 10.2. The van der Waals surface area contributed by atoms with Crippen LogP contribution < -0.4 is 10.1 Å². The second-order valence-corrected chi connectivity index (χ2v) is 4.93. The maximum absolute atomic E-state index is 9.70. The van der Waals surface area contributed by atoms with Gasteiger partial charge in [-0.15, -0.1) is 0 Å². The highest BCUT2D eigenvalue weighted by atomic mass is 16.5. The number of methoxy groups -OCH3 is 2. The fourth-order valence-corrected chi connectivity index (χ4v) is 2.32. The lowest BCUT2D eigenvalue weighted by molar-refractivity contribution is -0.0120. The number of hydrogen-bond donors (Lipinski definition) is 3. The molecule has 0 aromatic carbocycles. The monoisotopic (exact) mass is 283 g/mol. The lowest BCUT2D eigenvalue weighted by Gasteiger charge is -2.30. The third-order valence-corrected chi connectivity index (χ3v) is 3.36. The Morgan fingerprint density at radius 1 is 1.25 bits per heavy atom. The summed E-state index contributed by atoms with van der Waals surface area (Å²) in [4.78, 5) is 8.51. The Morgan fingerprint density at radius 3 is 2.70 bits per heavy atom. The van der Waals surface area contributed by atoms with Gasteiger partial charge in [0, 0.05) is 19.2 Å². The number of aromatic nitrogens is 2. The van der Waals surface area contributed by atoms with Crippen LogP contribution >= 0.6 is 0 Å². The van der Waals surface area contributed by atoms with Crippen molar-refractivity contribution in [2.45, 2.75) is 44.1 Å². The Hall–Kier alpha value is -1.44. The van der Waals surface area contributed by atoms with Crippen molar-refractivity contribution in [3.05, 3.63) is 11.9 Å². The van der Waals surface area contributed by atoms with Crippen LogP contribution in [-0.2, 0) is 11.3 Å². The molecule has 0 amide bonds. The molecule has 112 valence electrons. The zero-order valence-corrected chi connectivity index (χ0v) is 11.7. The molecule has 1 unspecified atom stereocenters. The van der Waals surface area contributed by atoms with Crippen molar-refractivity contribution in [3.63, 3.8) is 0 Å². The molecule has 0 bridgehead atoms. The van der Waals surface area contributed by atoms with E-state index in [0.29, 0.717) is 37.0 Å². The van der Waals surface area contributed by atoms with E-state index in [1.807, 2.05) is 0 Å². The third-order valence-electron chi connectivity index (χ3n) is 3.36. The first kappa shape index (κ1) is 15.0. The van der Waals surface area contributed by atoms with Crippen LogP contribution in [0.3, 0.4) is 0 Å². The quantitative estimate of drug-likeness (QED) is 0.716. The molecule has 0 aliphatic heterocycles. The number of nitrogens with zero attached hydrogens (tertiary/aromatic N) is 2. The first-order chi connectivity index (χ1) is 9.62. The van der Waals surface area contributed by atoms with E-state index >= 15 is 0 Å². The van der Waals surface area contributed by atoms with Crippen LogP contribution in [-0.4, -0.2) is 52.7 Å². The highest BCUT2D eigenvalue weighted by Gasteiger charge is 2.27. The highest BCUT2D eigenvalue weighted by molar-refractivity contribution is 5.39. The van der Waals surface area contributed by atoms with Crippen molar-refractivity contribution in [3.8, 4) is 5.88 Å². The van der Waals surface area contributed by atoms with Crippen LogP contribution in [0.1, 0.15) is 25.1 Å². The largest absolute Gasteiger partial charge is 0.481 e. The molecule has 7 nitrogen and oxygen atoms in total. The molecule has 7 heteroatoms. The fraction of sp³-hybridized carbons (Fsp3) is 0.692. The smallest absolute Gasteiger partial charge is 0.218 e. The molecule has 1 aliphatic rings. The first-order valence-corrected chi connectivity index (χ1v) is 6.66. The molecule has 0 spiro atoms. The molecule has 2 rings (SSSR count). The summed E-state index contributed by atoms with van der Waals surface area (Å²) in [5, 5.41) is 22.5. The van der Waals surface area contributed by atoms with E-state index < -0.39 is 12.2 Å². The van der Waals surface area contributed by atoms with E-state index in [0.717, 1.165) is 6.42 Å².